The summed E-state index contributed by atoms with van der Waals surface area (Å²) >= 11 is 0. The van der Waals surface area contributed by atoms with Crippen molar-refractivity contribution in [2.24, 2.45) is 0 Å². The van der Waals surface area contributed by atoms with Gasteiger partial charge in [0.05, 0.1) is 24.7 Å². The van der Waals surface area contributed by atoms with Crippen LogP contribution in [0.4, 0.5) is 0 Å². The Hall–Kier alpha value is -2.13. The molecular formula is C28H36NO2+. The van der Waals surface area contributed by atoms with Gasteiger partial charge in [0.15, 0.2) is 0 Å². The zero-order valence-electron chi connectivity index (χ0n) is 18.8. The molecule has 3 aliphatic rings. The first-order valence-electron chi connectivity index (χ1n) is 12.3. The van der Waals surface area contributed by atoms with Crippen molar-refractivity contribution in [2.75, 3.05) is 7.05 Å². The van der Waals surface area contributed by atoms with E-state index in [9.17, 15) is 4.79 Å². The topological polar surface area (TPSA) is 26.3 Å². The standard InChI is InChI=1S/C28H36NO2/c1-29(20-21-12-14-23(15-13-21)22-8-4-2-5-9-22)25-16-17-26(29)19-27(18-25)31-28(30)24-10-6-3-7-11-24/h3,6-7,10-15,22,25-27H,2,4-5,8-9,16-20H2,1H3/q+1/t25-,26-,27?,29?/m1/s1. The number of piperidine rings is 1. The van der Waals surface area contributed by atoms with Crippen LogP contribution in [0.25, 0.3) is 0 Å². The van der Waals surface area contributed by atoms with E-state index in [1.54, 1.807) is 5.56 Å². The third-order valence-corrected chi connectivity index (χ3v) is 8.43. The first-order chi connectivity index (χ1) is 15.1. The van der Waals surface area contributed by atoms with E-state index >= 15 is 0 Å². The number of hydrogen-bond donors (Lipinski definition) is 0. The molecule has 0 N–H and O–H groups in total. The second-order valence-corrected chi connectivity index (χ2v) is 10.3. The van der Waals surface area contributed by atoms with Gasteiger partial charge in [0, 0.05) is 31.2 Å². The number of carbonyl (C=O) groups excluding carboxylic acids is 1. The summed E-state index contributed by atoms with van der Waals surface area (Å²) < 4.78 is 7.05. The molecule has 0 aromatic heterocycles. The lowest BCUT2D eigenvalue weighted by molar-refractivity contribution is -0.961. The van der Waals surface area contributed by atoms with Crippen molar-refractivity contribution >= 4 is 5.97 Å². The lowest BCUT2D eigenvalue weighted by Crippen LogP contribution is -2.58. The fourth-order valence-corrected chi connectivity index (χ4v) is 6.57. The maximum absolute atomic E-state index is 12.5. The van der Waals surface area contributed by atoms with Crippen LogP contribution >= 0.6 is 0 Å². The highest BCUT2D eigenvalue weighted by Crippen LogP contribution is 2.44. The quantitative estimate of drug-likeness (QED) is 0.425. The second-order valence-electron chi connectivity index (χ2n) is 10.3. The monoisotopic (exact) mass is 418 g/mol. The fourth-order valence-electron chi connectivity index (χ4n) is 6.57. The molecule has 31 heavy (non-hydrogen) atoms. The van der Waals surface area contributed by atoms with Gasteiger partial charge < -0.3 is 9.22 Å². The Morgan fingerprint density at radius 3 is 2.16 bits per heavy atom. The predicted octanol–water partition coefficient (Wildman–Crippen LogP) is 6.23. The van der Waals surface area contributed by atoms with Crippen LogP contribution < -0.4 is 0 Å². The van der Waals surface area contributed by atoms with E-state index < -0.39 is 0 Å². The van der Waals surface area contributed by atoms with Crippen LogP contribution in [-0.2, 0) is 11.3 Å². The van der Waals surface area contributed by atoms with E-state index in [1.807, 2.05) is 30.3 Å². The molecule has 2 aromatic carbocycles. The third kappa shape index (κ3) is 4.30. The van der Waals surface area contributed by atoms with Crippen molar-refractivity contribution in [2.45, 2.75) is 88.4 Å². The number of hydrogen-bond acceptors (Lipinski definition) is 2. The molecule has 2 aromatic rings. The van der Waals surface area contributed by atoms with E-state index in [1.165, 1.54) is 50.5 Å². The van der Waals surface area contributed by atoms with Crippen molar-refractivity contribution in [3.8, 4) is 0 Å². The molecule has 1 saturated carbocycles. The highest BCUT2D eigenvalue weighted by molar-refractivity contribution is 5.89. The van der Waals surface area contributed by atoms with Gasteiger partial charge in [-0.05, 0) is 36.5 Å². The number of benzene rings is 2. The van der Waals surface area contributed by atoms with Gasteiger partial charge in [0.1, 0.15) is 12.6 Å². The van der Waals surface area contributed by atoms with Gasteiger partial charge >= 0.3 is 5.97 Å². The lowest BCUT2D eigenvalue weighted by Gasteiger charge is -2.47. The molecule has 3 fully saturated rings. The number of ether oxygens (including phenoxy) is 1. The molecule has 2 heterocycles. The van der Waals surface area contributed by atoms with Gasteiger partial charge in [-0.25, -0.2) is 4.79 Å². The molecule has 164 valence electrons. The van der Waals surface area contributed by atoms with E-state index in [0.29, 0.717) is 17.6 Å². The number of esters is 1. The molecule has 3 heteroatoms. The lowest BCUT2D eigenvalue weighted by atomic mass is 9.84. The van der Waals surface area contributed by atoms with Crippen LogP contribution in [0.3, 0.4) is 0 Å². The van der Waals surface area contributed by atoms with Crippen molar-refractivity contribution < 1.29 is 14.0 Å². The predicted molar refractivity (Wildman–Crippen MR) is 124 cm³/mol. The summed E-state index contributed by atoms with van der Waals surface area (Å²) in [5.41, 5.74) is 3.66. The Kier molecular flexibility index (Phi) is 5.88. The summed E-state index contributed by atoms with van der Waals surface area (Å²) in [6, 6.07) is 20.2. The highest BCUT2D eigenvalue weighted by Gasteiger charge is 2.52. The smallest absolute Gasteiger partial charge is 0.338 e. The molecule has 0 radical (unpaired) electrons. The summed E-state index contributed by atoms with van der Waals surface area (Å²) in [6.45, 7) is 1.10. The molecule has 0 unspecified atom stereocenters. The maximum Gasteiger partial charge on any atom is 0.338 e. The van der Waals surface area contributed by atoms with Gasteiger partial charge in [0.2, 0.25) is 0 Å². The first kappa shape index (κ1) is 20.8. The van der Waals surface area contributed by atoms with Crippen LogP contribution in [-0.4, -0.2) is 35.7 Å². The Morgan fingerprint density at radius 2 is 1.52 bits per heavy atom. The van der Waals surface area contributed by atoms with Crippen molar-refractivity contribution in [3.05, 3.63) is 71.3 Å². The third-order valence-electron chi connectivity index (χ3n) is 8.43. The van der Waals surface area contributed by atoms with E-state index in [-0.39, 0.29) is 12.1 Å². The summed E-state index contributed by atoms with van der Waals surface area (Å²) in [6.07, 6.45) is 11.5. The summed E-state index contributed by atoms with van der Waals surface area (Å²) in [7, 11) is 2.44. The average molecular weight is 419 g/mol. The van der Waals surface area contributed by atoms with E-state index in [4.69, 9.17) is 4.74 Å². The summed E-state index contributed by atoms with van der Waals surface area (Å²) in [5.74, 6) is 0.609. The van der Waals surface area contributed by atoms with Crippen LogP contribution in [0.2, 0.25) is 0 Å². The minimum atomic E-state index is -0.167. The zero-order chi connectivity index (χ0) is 21.3. The van der Waals surface area contributed by atoms with Gasteiger partial charge in [-0.2, -0.15) is 0 Å². The van der Waals surface area contributed by atoms with Crippen LogP contribution in [0.15, 0.2) is 54.6 Å². The van der Waals surface area contributed by atoms with Crippen LogP contribution in [0.1, 0.15) is 85.2 Å². The van der Waals surface area contributed by atoms with Gasteiger partial charge in [-0.3, -0.25) is 0 Å². The number of nitrogens with zero attached hydrogens (tertiary/aromatic N) is 1. The Balaban J connectivity index is 1.22. The molecule has 2 aliphatic heterocycles. The molecule has 1 aliphatic carbocycles. The van der Waals surface area contributed by atoms with Crippen LogP contribution in [0.5, 0.6) is 0 Å². The minimum Gasteiger partial charge on any atom is -0.458 e. The molecule has 5 rings (SSSR count). The van der Waals surface area contributed by atoms with Crippen LogP contribution in [0, 0.1) is 0 Å². The molecular weight excluding hydrogens is 382 g/mol. The van der Waals surface area contributed by atoms with Gasteiger partial charge in [-0.1, -0.05) is 61.7 Å². The average Bonchev–Trinajstić information content (AvgIpc) is 2.97. The zero-order valence-corrected chi connectivity index (χ0v) is 18.8. The van der Waals surface area contributed by atoms with Crippen molar-refractivity contribution in [1.29, 1.82) is 0 Å². The van der Waals surface area contributed by atoms with E-state index in [2.05, 4.69) is 31.3 Å². The SMILES string of the molecule is C[N+]1(Cc2ccc(C3CCCCC3)cc2)[C@@H]2CC[C@@H]1CC(OC(=O)c1ccccc1)C2. The van der Waals surface area contributed by atoms with Crippen molar-refractivity contribution in [3.63, 3.8) is 0 Å². The Morgan fingerprint density at radius 1 is 0.871 bits per heavy atom. The normalized spacial score (nSPS) is 30.8. The van der Waals surface area contributed by atoms with Crippen molar-refractivity contribution in [1.82, 2.24) is 0 Å². The molecule has 0 amide bonds. The largest absolute Gasteiger partial charge is 0.458 e. The molecule has 2 bridgehead atoms. The maximum atomic E-state index is 12.5. The van der Waals surface area contributed by atoms with E-state index in [0.717, 1.165) is 29.8 Å². The Bertz CT molecular complexity index is 871. The molecule has 2 atom stereocenters. The molecule has 0 spiro atoms. The number of quaternary nitrogens is 1. The number of fused-ring (bicyclic) bond motifs is 2. The first-order valence-corrected chi connectivity index (χ1v) is 12.3. The fraction of sp³-hybridized carbons (Fsp3) is 0.536. The molecule has 2 saturated heterocycles. The minimum absolute atomic E-state index is 0.0603. The second kappa shape index (κ2) is 8.78. The Labute approximate surface area is 187 Å². The van der Waals surface area contributed by atoms with Gasteiger partial charge in [-0.15, -0.1) is 0 Å². The highest BCUT2D eigenvalue weighted by atomic mass is 16.5. The van der Waals surface area contributed by atoms with Gasteiger partial charge in [0.25, 0.3) is 0 Å². The number of carbonyl (C=O) groups is 1. The number of rotatable bonds is 5. The molecule has 3 nitrogen and oxygen atoms in total. The summed E-state index contributed by atoms with van der Waals surface area (Å²) in [4.78, 5) is 12.5. The summed E-state index contributed by atoms with van der Waals surface area (Å²) in [5, 5.41) is 0.